The molecule has 0 aliphatic heterocycles. The minimum absolute atomic E-state index is 0.218. The van der Waals surface area contributed by atoms with Crippen molar-refractivity contribution < 1.29 is 19.7 Å². The van der Waals surface area contributed by atoms with Crippen LogP contribution in [-0.2, 0) is 9.47 Å². The van der Waals surface area contributed by atoms with Crippen molar-refractivity contribution in [3.63, 3.8) is 0 Å². The normalized spacial score (nSPS) is 41.4. The van der Waals surface area contributed by atoms with Crippen LogP contribution in [-0.4, -0.2) is 47.3 Å². The predicted molar refractivity (Wildman–Crippen MR) is 147 cm³/mol. The number of aliphatic hydroxyl groups excluding tert-OH is 1. The Hall–Kier alpha value is -0.420. The zero-order valence-electron chi connectivity index (χ0n) is 24.4. The fraction of sp³-hybridized carbons (Fsp3) is 0.938. The molecule has 4 aliphatic rings. The minimum atomic E-state index is -0.558. The van der Waals surface area contributed by atoms with E-state index in [1.807, 2.05) is 13.8 Å². The van der Waals surface area contributed by atoms with Crippen molar-refractivity contribution >= 4 is 0 Å². The van der Waals surface area contributed by atoms with Crippen LogP contribution in [0.1, 0.15) is 113 Å². The molecule has 4 rings (SSSR count). The molecule has 0 aromatic rings. The molecule has 0 unspecified atom stereocenters. The summed E-state index contributed by atoms with van der Waals surface area (Å²) in [5.41, 5.74) is 1.47. The Bertz CT molecular complexity index is 769. The second kappa shape index (κ2) is 11.0. The molecule has 4 heteroatoms. The van der Waals surface area contributed by atoms with E-state index in [0.29, 0.717) is 42.3 Å². The van der Waals surface area contributed by atoms with Gasteiger partial charge in [-0.15, -0.1) is 0 Å². The van der Waals surface area contributed by atoms with E-state index in [0.717, 1.165) is 31.6 Å². The molecule has 0 bridgehead atoms. The van der Waals surface area contributed by atoms with Gasteiger partial charge in [0, 0.05) is 0 Å². The molecule has 36 heavy (non-hydrogen) atoms. The van der Waals surface area contributed by atoms with Crippen LogP contribution >= 0.6 is 0 Å². The standard InChI is InChI=1S/C32H56O4/c1-21(2)35-17-18-36-24-12-15-31(6)23(19-24)20-28(33)29-26-11-10-25(32(26,7)16-13-27(29)31)22(3)9-8-14-30(4,5)34/h20-22,24-29,33-34H,8-19H2,1-7H3/t22-,24+,25-,26+,27+,28-,29+,31+,32-/m1/s1. The SMILES string of the molecule is CC(C)OCCO[C@H]1CC[C@@]2(C)C(=C[C@@H](O)[C@H]3[C@@H]4CC[C@H]([C@H](C)CCCC(C)(C)O)[C@@]4(C)CC[C@@H]32)C1. The Labute approximate surface area is 221 Å². The molecule has 0 amide bonds. The summed E-state index contributed by atoms with van der Waals surface area (Å²) in [6, 6.07) is 0. The summed E-state index contributed by atoms with van der Waals surface area (Å²) in [7, 11) is 0. The van der Waals surface area contributed by atoms with Gasteiger partial charge in [-0.05, 0) is 119 Å². The summed E-state index contributed by atoms with van der Waals surface area (Å²) >= 11 is 0. The van der Waals surface area contributed by atoms with Gasteiger partial charge in [0.25, 0.3) is 0 Å². The fourth-order valence-electron chi connectivity index (χ4n) is 9.29. The van der Waals surface area contributed by atoms with E-state index in [1.165, 1.54) is 44.1 Å². The van der Waals surface area contributed by atoms with E-state index >= 15 is 0 Å². The summed E-state index contributed by atoms with van der Waals surface area (Å²) < 4.78 is 11.9. The Morgan fingerprint density at radius 1 is 1.03 bits per heavy atom. The van der Waals surface area contributed by atoms with E-state index in [4.69, 9.17) is 9.47 Å². The van der Waals surface area contributed by atoms with Gasteiger partial charge in [0.05, 0.1) is 37.1 Å². The predicted octanol–water partition coefficient (Wildman–Crippen LogP) is 6.92. The molecular formula is C32H56O4. The summed E-state index contributed by atoms with van der Waals surface area (Å²) in [6.07, 6.45) is 14.1. The van der Waals surface area contributed by atoms with Crippen molar-refractivity contribution in [3.8, 4) is 0 Å². The highest BCUT2D eigenvalue weighted by atomic mass is 16.5. The molecule has 4 aliphatic carbocycles. The van der Waals surface area contributed by atoms with Crippen LogP contribution in [0.2, 0.25) is 0 Å². The van der Waals surface area contributed by atoms with Gasteiger partial charge >= 0.3 is 0 Å². The van der Waals surface area contributed by atoms with Crippen LogP contribution < -0.4 is 0 Å². The lowest BCUT2D eigenvalue weighted by molar-refractivity contribution is -0.102. The zero-order valence-corrected chi connectivity index (χ0v) is 24.4. The highest BCUT2D eigenvalue weighted by Crippen LogP contribution is 2.67. The lowest BCUT2D eigenvalue weighted by atomic mass is 9.46. The third-order valence-corrected chi connectivity index (χ3v) is 11.2. The molecule has 0 radical (unpaired) electrons. The van der Waals surface area contributed by atoms with Crippen LogP contribution in [0, 0.1) is 40.4 Å². The third-order valence-electron chi connectivity index (χ3n) is 11.2. The monoisotopic (exact) mass is 504 g/mol. The van der Waals surface area contributed by atoms with Gasteiger partial charge in [-0.2, -0.15) is 0 Å². The van der Waals surface area contributed by atoms with E-state index in [2.05, 4.69) is 40.7 Å². The summed E-state index contributed by atoms with van der Waals surface area (Å²) in [4.78, 5) is 0. The van der Waals surface area contributed by atoms with E-state index < -0.39 is 5.60 Å². The van der Waals surface area contributed by atoms with Gasteiger partial charge in [-0.25, -0.2) is 0 Å². The minimum Gasteiger partial charge on any atom is -0.390 e. The molecular weight excluding hydrogens is 448 g/mol. The summed E-state index contributed by atoms with van der Waals surface area (Å²) in [6.45, 7) is 16.9. The smallest absolute Gasteiger partial charge is 0.0757 e. The van der Waals surface area contributed by atoms with E-state index in [1.54, 1.807) is 0 Å². The quantitative estimate of drug-likeness (QED) is 0.250. The van der Waals surface area contributed by atoms with Crippen LogP contribution in [0.4, 0.5) is 0 Å². The van der Waals surface area contributed by atoms with Gasteiger partial charge in [-0.1, -0.05) is 45.3 Å². The van der Waals surface area contributed by atoms with Crippen LogP contribution in [0.15, 0.2) is 11.6 Å². The molecule has 9 atom stereocenters. The van der Waals surface area contributed by atoms with Crippen LogP contribution in [0.3, 0.4) is 0 Å². The fourth-order valence-corrected chi connectivity index (χ4v) is 9.29. The Morgan fingerprint density at radius 3 is 2.47 bits per heavy atom. The molecule has 4 nitrogen and oxygen atoms in total. The van der Waals surface area contributed by atoms with Crippen molar-refractivity contribution in [1.82, 2.24) is 0 Å². The second-order valence-electron chi connectivity index (χ2n) is 14.5. The lowest BCUT2D eigenvalue weighted by Gasteiger charge is -2.59. The molecule has 0 saturated heterocycles. The molecule has 0 aromatic heterocycles. The highest BCUT2D eigenvalue weighted by Gasteiger charge is 2.61. The van der Waals surface area contributed by atoms with Gasteiger partial charge in [-0.3, -0.25) is 0 Å². The second-order valence-corrected chi connectivity index (χ2v) is 14.5. The average Bonchev–Trinajstić information content (AvgIpc) is 3.13. The first-order valence-electron chi connectivity index (χ1n) is 15.2. The molecule has 3 fully saturated rings. The van der Waals surface area contributed by atoms with Gasteiger partial charge in [0.15, 0.2) is 0 Å². The van der Waals surface area contributed by atoms with Gasteiger partial charge in [0.1, 0.15) is 0 Å². The molecule has 3 saturated carbocycles. The third kappa shape index (κ3) is 5.77. The van der Waals surface area contributed by atoms with Crippen molar-refractivity contribution in [1.29, 1.82) is 0 Å². The van der Waals surface area contributed by atoms with E-state index in [9.17, 15) is 10.2 Å². The first-order chi connectivity index (χ1) is 16.8. The highest BCUT2D eigenvalue weighted by molar-refractivity contribution is 5.28. The number of fused-ring (bicyclic) bond motifs is 5. The van der Waals surface area contributed by atoms with Crippen molar-refractivity contribution in [2.24, 2.45) is 40.4 Å². The Morgan fingerprint density at radius 2 is 1.78 bits per heavy atom. The van der Waals surface area contributed by atoms with Gasteiger partial charge in [0.2, 0.25) is 0 Å². The maximum Gasteiger partial charge on any atom is 0.0757 e. The Balaban J connectivity index is 1.42. The molecule has 2 N–H and O–H groups in total. The topological polar surface area (TPSA) is 58.9 Å². The summed E-state index contributed by atoms with van der Waals surface area (Å²) in [5, 5.41) is 21.7. The number of ether oxygens (including phenoxy) is 2. The number of aliphatic hydroxyl groups is 2. The first kappa shape index (κ1) is 28.6. The van der Waals surface area contributed by atoms with Crippen molar-refractivity contribution in [2.45, 2.75) is 137 Å². The maximum atomic E-state index is 11.6. The lowest BCUT2D eigenvalue weighted by Crippen LogP contribution is -2.55. The zero-order chi connectivity index (χ0) is 26.3. The van der Waals surface area contributed by atoms with Crippen molar-refractivity contribution in [2.75, 3.05) is 13.2 Å². The largest absolute Gasteiger partial charge is 0.390 e. The average molecular weight is 505 g/mol. The number of hydrogen-bond donors (Lipinski definition) is 2. The summed E-state index contributed by atoms with van der Waals surface area (Å²) in [5.74, 6) is 3.06. The Kier molecular flexibility index (Phi) is 8.72. The number of hydrogen-bond acceptors (Lipinski definition) is 4. The van der Waals surface area contributed by atoms with Crippen LogP contribution in [0.25, 0.3) is 0 Å². The molecule has 0 aromatic carbocycles. The number of rotatable bonds is 10. The van der Waals surface area contributed by atoms with Crippen molar-refractivity contribution in [3.05, 3.63) is 11.6 Å². The van der Waals surface area contributed by atoms with Crippen LogP contribution in [0.5, 0.6) is 0 Å². The maximum absolute atomic E-state index is 11.6. The molecule has 208 valence electrons. The molecule has 0 heterocycles. The van der Waals surface area contributed by atoms with Gasteiger partial charge < -0.3 is 19.7 Å². The molecule has 0 spiro atoms. The van der Waals surface area contributed by atoms with E-state index in [-0.39, 0.29) is 23.7 Å². The first-order valence-corrected chi connectivity index (χ1v) is 15.2.